The number of hydrogen-bond acceptors (Lipinski definition) is 20. The van der Waals surface area contributed by atoms with Crippen LogP contribution in [-0.4, -0.2) is 186 Å². The number of rotatable bonds is 14. The van der Waals surface area contributed by atoms with Gasteiger partial charge >= 0.3 is 17.9 Å². The predicted octanol–water partition coefficient (Wildman–Crippen LogP) is 7.91. The van der Waals surface area contributed by atoms with Gasteiger partial charge in [-0.1, -0.05) is 88.4 Å². The highest BCUT2D eigenvalue weighted by Gasteiger charge is 2.27. The molecule has 0 spiro atoms. The smallest absolute Gasteiger partial charge is 0.331 e. The minimum Gasteiger partial charge on any atom is -0.482 e. The predicted molar refractivity (Wildman–Crippen MR) is 353 cm³/mol. The van der Waals surface area contributed by atoms with Crippen molar-refractivity contribution >= 4 is 85.3 Å². The van der Waals surface area contributed by atoms with E-state index in [0.29, 0.717) is 0 Å². The van der Waals surface area contributed by atoms with E-state index in [1.807, 2.05) is 121 Å². The maximum Gasteiger partial charge on any atom is 0.331 e. The first-order chi connectivity index (χ1) is 44.5. The molecule has 92 heavy (non-hydrogen) atoms. The SMILES string of the molecule is CCCN1C(=O)COc2ccccc21.CCCN1C(=O)COc2ccccc21.CCCN1C(=O)COc2ccccc21.CCCN1C(=O)COc2ccccc21.CO.COCC(=O)O.COCC(=O)OC.COCC(=O)OC.COP.O=C1COc2ccccc2N1.[3HH]. The molecule has 5 aromatic carbocycles. The van der Waals surface area contributed by atoms with Crippen molar-refractivity contribution in [3.05, 3.63) is 121 Å². The standard InChI is InChI=1S/4C11H13NO2.C8H7NO2.2C4H8O3.C3H6O3.CH5OP.CH4O.H2/c4*1-2-7-12-9-5-3-4-6-10(9)14-8-11(12)13;10-8-5-11-7-4-2-1-3-6(7)9-8;2*1-6-3-4(5)7-2;1-6-2-3(4)5;1-2-3;1-2;/h4*3-6H,2,7-8H2,1H3;1-4H,5H2,(H,9,10);2*3H2,1-2H3;2H2,1H3,(H,4,5);3H2,1H3;2H,1H3;1H/i;;;;;;;;;;1+2. The summed E-state index contributed by atoms with van der Waals surface area (Å²) in [7, 11) is 11.5. The lowest BCUT2D eigenvalue weighted by molar-refractivity contribution is -0.145. The Morgan fingerprint density at radius 2 is 0.685 bits per heavy atom. The molecule has 0 bridgehead atoms. The van der Waals surface area contributed by atoms with Crippen molar-refractivity contribution in [3.8, 4) is 28.7 Å². The van der Waals surface area contributed by atoms with E-state index in [0.717, 1.165) is 116 Å². The first-order valence-corrected chi connectivity index (χ1v) is 29.5. The lowest BCUT2D eigenvalue weighted by atomic mass is 10.2. The molecule has 5 heterocycles. The van der Waals surface area contributed by atoms with Crippen molar-refractivity contribution in [2.45, 2.75) is 53.4 Å². The summed E-state index contributed by atoms with van der Waals surface area (Å²) in [6.45, 7) is 11.9. The number of esters is 2. The van der Waals surface area contributed by atoms with E-state index < -0.39 is 5.97 Å². The summed E-state index contributed by atoms with van der Waals surface area (Å²) < 4.78 is 52.1. The summed E-state index contributed by atoms with van der Waals surface area (Å²) in [5.41, 5.74) is 4.33. The number of nitrogens with one attached hydrogen (secondary N) is 1. The number of amides is 5. The number of ether oxygens (including phenoxy) is 10. The molecule has 5 aliphatic rings. The molecule has 508 valence electrons. The minimum absolute atomic E-state index is 0. The fourth-order valence-electron chi connectivity index (χ4n) is 7.99. The Kier molecular flexibility index (Phi) is 43.1. The molecule has 0 saturated heterocycles. The summed E-state index contributed by atoms with van der Waals surface area (Å²) in [6.07, 6.45) is 3.83. The van der Waals surface area contributed by atoms with Crippen LogP contribution >= 0.6 is 9.47 Å². The summed E-state index contributed by atoms with van der Waals surface area (Å²) >= 11 is 0. The molecule has 0 fully saturated rings. The van der Waals surface area contributed by atoms with Crippen molar-refractivity contribution in [3.63, 3.8) is 0 Å². The number of hydrogen-bond donors (Lipinski definition) is 3. The van der Waals surface area contributed by atoms with Crippen molar-refractivity contribution in [1.29, 1.82) is 0 Å². The Morgan fingerprint density at radius 3 is 0.913 bits per heavy atom. The van der Waals surface area contributed by atoms with Gasteiger partial charge in [0.15, 0.2) is 33.0 Å². The number of fused-ring (bicyclic) bond motifs is 5. The fourth-order valence-corrected chi connectivity index (χ4v) is 7.99. The second kappa shape index (κ2) is 48.9. The van der Waals surface area contributed by atoms with Crippen LogP contribution in [0.1, 0.15) is 54.8 Å². The van der Waals surface area contributed by atoms with Gasteiger partial charge in [0.1, 0.15) is 48.6 Å². The molecule has 5 aromatic rings. The number of carbonyl (C=O) groups excluding carboxylic acids is 7. The van der Waals surface area contributed by atoms with Gasteiger partial charge in [-0.2, -0.15) is 0 Å². The Labute approximate surface area is 542 Å². The Morgan fingerprint density at radius 1 is 0.435 bits per heavy atom. The van der Waals surface area contributed by atoms with Gasteiger partial charge < -0.3 is 87.0 Å². The van der Waals surface area contributed by atoms with E-state index in [1.54, 1.807) is 26.7 Å². The molecular formula is C65H92N5O21P. The van der Waals surface area contributed by atoms with Gasteiger partial charge in [-0.3, -0.25) is 24.0 Å². The number of carboxylic acids is 1. The number of methoxy groups -OCH3 is 5. The van der Waals surface area contributed by atoms with Gasteiger partial charge in [0.25, 0.3) is 29.5 Å². The molecule has 26 nitrogen and oxygen atoms in total. The highest BCUT2D eigenvalue weighted by atomic mass is 31.0. The number of nitrogens with zero attached hydrogens (tertiary/aromatic N) is 4. The molecule has 1 atom stereocenters. The lowest BCUT2D eigenvalue weighted by Gasteiger charge is -2.28. The quantitative estimate of drug-likeness (QED) is 0.0702. The maximum absolute atomic E-state index is 11.5. The van der Waals surface area contributed by atoms with Crippen LogP contribution in [0.4, 0.5) is 28.4 Å². The lowest BCUT2D eigenvalue weighted by Crippen LogP contribution is -2.39. The third kappa shape index (κ3) is 29.8. The van der Waals surface area contributed by atoms with Crippen molar-refractivity contribution < 1.29 is 102 Å². The molecule has 27 heteroatoms. The number of anilines is 5. The van der Waals surface area contributed by atoms with Gasteiger partial charge in [-0.05, 0) is 95.8 Å². The van der Waals surface area contributed by atoms with Crippen LogP contribution in [0.15, 0.2) is 121 Å². The van der Waals surface area contributed by atoms with E-state index in [4.69, 9.17) is 33.9 Å². The molecule has 5 amide bonds. The molecule has 1 unspecified atom stereocenters. The highest BCUT2D eigenvalue weighted by Crippen LogP contribution is 2.34. The number of aliphatic hydroxyl groups excluding tert-OH is 1. The van der Waals surface area contributed by atoms with Crippen LogP contribution in [-0.2, 0) is 66.6 Å². The van der Waals surface area contributed by atoms with Crippen molar-refractivity contribution in [2.75, 3.05) is 154 Å². The van der Waals surface area contributed by atoms with Gasteiger partial charge in [-0.15, -0.1) is 0 Å². The third-order valence-electron chi connectivity index (χ3n) is 11.8. The average Bonchev–Trinajstić information content (AvgIpc) is 0.893. The topological polar surface area (TPSA) is 304 Å². The summed E-state index contributed by atoms with van der Waals surface area (Å²) in [5, 5.41) is 17.5. The van der Waals surface area contributed by atoms with E-state index in [9.17, 15) is 38.4 Å². The number of carbonyl (C=O) groups is 8. The zero-order valence-electron chi connectivity index (χ0n) is 54.4. The van der Waals surface area contributed by atoms with Crippen molar-refractivity contribution in [1.82, 2.24) is 0 Å². The fraction of sp³-hybridized carbons (Fsp3) is 0.415. The van der Waals surface area contributed by atoms with Crippen LogP contribution in [0.3, 0.4) is 0 Å². The van der Waals surface area contributed by atoms with Gasteiger partial charge in [0, 0.05) is 63.2 Å². The molecule has 3 N–H and O–H groups in total. The van der Waals surface area contributed by atoms with E-state index in [-0.39, 0.29) is 95.8 Å². The largest absolute Gasteiger partial charge is 0.482 e. The molecule has 10 rings (SSSR count). The number of benzene rings is 5. The monoisotopic (exact) mass is 1310 g/mol. The average molecular weight is 1310 g/mol. The minimum atomic E-state index is -0.933. The zero-order chi connectivity index (χ0) is 68.6. The summed E-state index contributed by atoms with van der Waals surface area (Å²) in [6, 6.07) is 38.0. The Bertz CT molecular complexity index is 2700. The van der Waals surface area contributed by atoms with Crippen LogP contribution in [0.5, 0.6) is 28.7 Å². The Hall–Kier alpha value is -8.91. The molecule has 0 aliphatic carbocycles. The zero-order valence-corrected chi connectivity index (χ0v) is 55.5. The molecule has 0 radical (unpaired) electrons. The Balaban J connectivity index is 0.00000105. The second-order valence-electron chi connectivity index (χ2n) is 18.6. The first-order valence-electron chi connectivity index (χ1n) is 29.1. The van der Waals surface area contributed by atoms with Gasteiger partial charge in [0.2, 0.25) is 0 Å². The van der Waals surface area contributed by atoms with Crippen molar-refractivity contribution in [2.24, 2.45) is 0 Å². The number of aliphatic carboxylic acids is 1. The van der Waals surface area contributed by atoms with Gasteiger partial charge in [-0.25, -0.2) is 14.4 Å². The van der Waals surface area contributed by atoms with Gasteiger partial charge in [0.05, 0.1) is 42.7 Å². The highest BCUT2D eigenvalue weighted by molar-refractivity contribution is 7.09. The third-order valence-corrected chi connectivity index (χ3v) is 11.8. The van der Waals surface area contributed by atoms with E-state index in [2.05, 4.69) is 70.7 Å². The normalized spacial score (nSPS) is 12.9. The van der Waals surface area contributed by atoms with E-state index in [1.165, 1.54) is 35.5 Å². The number of para-hydroxylation sites is 10. The molecular weight excluding hydrogens is 1220 g/mol. The molecule has 5 aliphatic heterocycles. The maximum atomic E-state index is 11.5. The number of aliphatic hydroxyl groups is 1. The molecule has 0 saturated carbocycles. The second-order valence-corrected chi connectivity index (χ2v) is 19.1. The summed E-state index contributed by atoms with van der Waals surface area (Å²) in [5.74, 6) is 2.44. The van der Waals surface area contributed by atoms with Crippen LogP contribution < -0.4 is 48.6 Å². The van der Waals surface area contributed by atoms with Crippen LogP contribution in [0.2, 0.25) is 0 Å². The van der Waals surface area contributed by atoms with Crippen LogP contribution in [0, 0.1) is 0 Å². The van der Waals surface area contributed by atoms with E-state index >= 15 is 0 Å². The number of carboxylic acid groups (broad SMARTS) is 1. The van der Waals surface area contributed by atoms with Crippen LogP contribution in [0.25, 0.3) is 0 Å². The first kappa shape index (κ1) is 81.1. The molecule has 0 aromatic heterocycles. The summed E-state index contributed by atoms with van der Waals surface area (Å²) in [4.78, 5) is 93.7.